The first kappa shape index (κ1) is 15.0. The number of aliphatic hydroxyl groups is 1. The van der Waals surface area contributed by atoms with Gasteiger partial charge in [0.2, 0.25) is 0 Å². The average Bonchev–Trinajstić information content (AvgIpc) is 2.30. The van der Waals surface area contributed by atoms with Crippen LogP contribution in [0.1, 0.15) is 32.3 Å². The number of benzene rings is 1. The number of amides is 2. The molecule has 0 radical (unpaired) electrons. The van der Waals surface area contributed by atoms with Gasteiger partial charge in [-0.1, -0.05) is 29.8 Å². The monoisotopic (exact) mass is 314 g/mol. The summed E-state index contributed by atoms with van der Waals surface area (Å²) in [6.45, 7) is 5.80. The van der Waals surface area contributed by atoms with Gasteiger partial charge in [-0.25, -0.2) is 4.79 Å². The van der Waals surface area contributed by atoms with Crippen LogP contribution in [0.4, 0.5) is 10.5 Å². The van der Waals surface area contributed by atoms with Crippen LogP contribution in [0.15, 0.2) is 22.7 Å². The molecular weight excluding hydrogens is 296 g/mol. The lowest BCUT2D eigenvalue weighted by Crippen LogP contribution is -2.38. The summed E-state index contributed by atoms with van der Waals surface area (Å²) in [5.74, 6) is 0.313. The molecule has 1 aromatic rings. The second-order valence-electron chi connectivity index (χ2n) is 4.57. The van der Waals surface area contributed by atoms with E-state index < -0.39 is 0 Å². The molecule has 0 aromatic heterocycles. The van der Waals surface area contributed by atoms with Gasteiger partial charge in [0.1, 0.15) is 0 Å². The summed E-state index contributed by atoms with van der Waals surface area (Å²) in [6, 6.07) is 5.18. The Balaban J connectivity index is 2.81. The van der Waals surface area contributed by atoms with Crippen LogP contribution >= 0.6 is 15.9 Å². The Hall–Kier alpha value is -1.07. The fraction of sp³-hybridized carbons (Fsp3) is 0.462. The van der Waals surface area contributed by atoms with Crippen LogP contribution in [0, 0.1) is 0 Å². The largest absolute Gasteiger partial charge is 0.394 e. The first-order chi connectivity index (χ1) is 8.43. The number of rotatable bonds is 4. The van der Waals surface area contributed by atoms with Crippen molar-refractivity contribution >= 4 is 27.6 Å². The quantitative estimate of drug-likeness (QED) is 0.799. The van der Waals surface area contributed by atoms with Crippen LogP contribution in [0.5, 0.6) is 0 Å². The molecular formula is C13H19BrN2O2. The molecule has 100 valence electrons. The Labute approximate surface area is 116 Å². The van der Waals surface area contributed by atoms with E-state index in [1.807, 2.05) is 18.2 Å². The molecule has 1 atom stereocenters. The highest BCUT2D eigenvalue weighted by atomic mass is 79.9. The van der Waals surface area contributed by atoms with Crippen LogP contribution in [0.25, 0.3) is 0 Å². The molecule has 0 bridgehead atoms. The van der Waals surface area contributed by atoms with Gasteiger partial charge < -0.3 is 15.7 Å². The summed E-state index contributed by atoms with van der Waals surface area (Å²) in [5, 5.41) is 14.3. The zero-order valence-electron chi connectivity index (χ0n) is 10.8. The molecule has 4 nitrogen and oxygen atoms in total. The number of urea groups is 1. The summed E-state index contributed by atoms with van der Waals surface area (Å²) >= 11 is 3.42. The van der Waals surface area contributed by atoms with Gasteiger partial charge in [0.05, 0.1) is 12.6 Å². The maximum atomic E-state index is 11.7. The Bertz CT molecular complexity index is 421. The van der Waals surface area contributed by atoms with E-state index in [9.17, 15) is 4.79 Å². The number of carbonyl (C=O) groups excluding carboxylic acids is 1. The second kappa shape index (κ2) is 6.75. The molecule has 0 heterocycles. The third kappa shape index (κ3) is 4.31. The SMILES string of the molecule is CC(CO)NC(=O)Nc1ccc(Br)cc1C(C)C. The molecule has 0 aliphatic carbocycles. The van der Waals surface area contributed by atoms with Crippen molar-refractivity contribution in [2.75, 3.05) is 11.9 Å². The van der Waals surface area contributed by atoms with Crippen LogP contribution in [0.2, 0.25) is 0 Å². The van der Waals surface area contributed by atoms with Crippen molar-refractivity contribution in [2.45, 2.75) is 32.7 Å². The zero-order chi connectivity index (χ0) is 13.7. The van der Waals surface area contributed by atoms with Crippen LogP contribution in [-0.2, 0) is 0 Å². The lowest BCUT2D eigenvalue weighted by molar-refractivity contribution is 0.229. The third-order valence-electron chi connectivity index (χ3n) is 2.54. The Morgan fingerprint density at radius 2 is 2.06 bits per heavy atom. The molecule has 0 aliphatic rings. The fourth-order valence-corrected chi connectivity index (χ4v) is 1.93. The molecule has 2 amide bonds. The molecule has 1 unspecified atom stereocenters. The average molecular weight is 315 g/mol. The fourth-order valence-electron chi connectivity index (χ4n) is 1.55. The van der Waals surface area contributed by atoms with Gasteiger partial charge in [-0.2, -0.15) is 0 Å². The van der Waals surface area contributed by atoms with Crippen LogP contribution in [0.3, 0.4) is 0 Å². The highest BCUT2D eigenvalue weighted by molar-refractivity contribution is 9.10. The van der Waals surface area contributed by atoms with Crippen molar-refractivity contribution in [1.29, 1.82) is 0 Å². The molecule has 18 heavy (non-hydrogen) atoms. The van der Waals surface area contributed by atoms with E-state index in [1.165, 1.54) is 0 Å². The molecule has 1 rings (SSSR count). The van der Waals surface area contributed by atoms with Gasteiger partial charge in [0, 0.05) is 10.2 Å². The highest BCUT2D eigenvalue weighted by Crippen LogP contribution is 2.27. The van der Waals surface area contributed by atoms with Gasteiger partial charge in [-0.3, -0.25) is 0 Å². The summed E-state index contributed by atoms with van der Waals surface area (Å²) in [7, 11) is 0. The molecule has 1 aromatic carbocycles. The van der Waals surface area contributed by atoms with Gasteiger partial charge in [-0.05, 0) is 36.6 Å². The molecule has 0 saturated heterocycles. The number of anilines is 1. The standard InChI is InChI=1S/C13H19BrN2O2/c1-8(2)11-6-10(14)4-5-12(11)16-13(18)15-9(3)7-17/h4-6,8-9,17H,7H2,1-3H3,(H2,15,16,18). The van der Waals surface area contributed by atoms with Gasteiger partial charge in [-0.15, -0.1) is 0 Å². The molecule has 3 N–H and O–H groups in total. The number of nitrogens with one attached hydrogen (secondary N) is 2. The minimum absolute atomic E-state index is 0.0786. The third-order valence-corrected chi connectivity index (χ3v) is 3.03. The lowest BCUT2D eigenvalue weighted by Gasteiger charge is -2.16. The van der Waals surface area contributed by atoms with E-state index >= 15 is 0 Å². The van der Waals surface area contributed by atoms with E-state index in [2.05, 4.69) is 40.4 Å². The molecule has 0 saturated carbocycles. The number of halogens is 1. The summed E-state index contributed by atoms with van der Waals surface area (Å²) in [6.07, 6.45) is 0. The predicted octanol–water partition coefficient (Wildman–Crippen LogP) is 3.07. The van der Waals surface area contributed by atoms with Gasteiger partial charge in [0.25, 0.3) is 0 Å². The maximum Gasteiger partial charge on any atom is 0.319 e. The minimum Gasteiger partial charge on any atom is -0.394 e. The van der Waals surface area contributed by atoms with Gasteiger partial charge >= 0.3 is 6.03 Å². The number of aliphatic hydroxyl groups excluding tert-OH is 1. The van der Waals surface area contributed by atoms with Crippen molar-refractivity contribution in [3.05, 3.63) is 28.2 Å². The number of hydrogen-bond donors (Lipinski definition) is 3. The van der Waals surface area contributed by atoms with E-state index in [1.54, 1.807) is 6.92 Å². The van der Waals surface area contributed by atoms with Crippen molar-refractivity contribution in [2.24, 2.45) is 0 Å². The smallest absolute Gasteiger partial charge is 0.319 e. The number of hydrogen-bond acceptors (Lipinski definition) is 2. The zero-order valence-corrected chi connectivity index (χ0v) is 12.4. The van der Waals surface area contributed by atoms with Crippen LogP contribution < -0.4 is 10.6 Å². The molecule has 5 heteroatoms. The Kier molecular flexibility index (Phi) is 5.62. The van der Waals surface area contributed by atoms with Crippen molar-refractivity contribution < 1.29 is 9.90 Å². The number of carbonyl (C=O) groups is 1. The molecule has 0 aliphatic heterocycles. The first-order valence-electron chi connectivity index (χ1n) is 5.92. The predicted molar refractivity (Wildman–Crippen MR) is 76.9 cm³/mol. The summed E-state index contributed by atoms with van der Waals surface area (Å²) in [5.41, 5.74) is 1.85. The molecule has 0 fully saturated rings. The van der Waals surface area contributed by atoms with Crippen molar-refractivity contribution in [1.82, 2.24) is 5.32 Å². The maximum absolute atomic E-state index is 11.7. The van der Waals surface area contributed by atoms with Crippen molar-refractivity contribution in [3.8, 4) is 0 Å². The minimum atomic E-state index is -0.305. The topological polar surface area (TPSA) is 61.4 Å². The lowest BCUT2D eigenvalue weighted by atomic mass is 10.0. The van der Waals surface area contributed by atoms with Crippen molar-refractivity contribution in [3.63, 3.8) is 0 Å². The normalized spacial score (nSPS) is 12.3. The second-order valence-corrected chi connectivity index (χ2v) is 5.48. The summed E-state index contributed by atoms with van der Waals surface area (Å²) < 4.78 is 0.987. The summed E-state index contributed by atoms with van der Waals surface area (Å²) in [4.78, 5) is 11.7. The van der Waals surface area contributed by atoms with E-state index in [-0.39, 0.29) is 18.7 Å². The van der Waals surface area contributed by atoms with E-state index in [0.717, 1.165) is 15.7 Å². The Morgan fingerprint density at radius 3 is 2.61 bits per heavy atom. The van der Waals surface area contributed by atoms with E-state index in [4.69, 9.17) is 5.11 Å². The van der Waals surface area contributed by atoms with Crippen LogP contribution in [-0.4, -0.2) is 23.8 Å². The highest BCUT2D eigenvalue weighted by Gasteiger charge is 2.11. The van der Waals surface area contributed by atoms with Gasteiger partial charge in [0.15, 0.2) is 0 Å². The first-order valence-corrected chi connectivity index (χ1v) is 6.71. The van der Waals surface area contributed by atoms with E-state index in [0.29, 0.717) is 5.92 Å². The molecule has 0 spiro atoms. The Morgan fingerprint density at radius 1 is 1.39 bits per heavy atom.